The minimum absolute atomic E-state index is 0.223. The average Bonchev–Trinajstić information content (AvgIpc) is 2.48. The summed E-state index contributed by atoms with van der Waals surface area (Å²) in [5.74, 6) is 0.941. The SMILES string of the molecule is Nc1ccc(Cl)cc1C(=O)c1cc2c(cc1Br)OCCO2. The molecule has 3 rings (SSSR count). The monoisotopic (exact) mass is 367 g/mol. The summed E-state index contributed by atoms with van der Waals surface area (Å²) in [7, 11) is 0. The maximum absolute atomic E-state index is 12.7. The Labute approximate surface area is 134 Å². The van der Waals surface area contributed by atoms with Gasteiger partial charge in [-0.1, -0.05) is 11.6 Å². The summed E-state index contributed by atoms with van der Waals surface area (Å²) < 4.78 is 11.6. The van der Waals surface area contributed by atoms with E-state index in [1.54, 1.807) is 30.3 Å². The van der Waals surface area contributed by atoms with Crippen LogP contribution >= 0.6 is 27.5 Å². The quantitative estimate of drug-likeness (QED) is 0.649. The molecule has 0 saturated heterocycles. The molecule has 6 heteroatoms. The van der Waals surface area contributed by atoms with Crippen molar-refractivity contribution >= 4 is 39.0 Å². The summed E-state index contributed by atoms with van der Waals surface area (Å²) in [6.45, 7) is 0.954. The van der Waals surface area contributed by atoms with Gasteiger partial charge < -0.3 is 15.2 Å². The van der Waals surface area contributed by atoms with Gasteiger partial charge in [0.15, 0.2) is 17.3 Å². The van der Waals surface area contributed by atoms with E-state index in [-0.39, 0.29) is 5.78 Å². The first-order valence-corrected chi connectivity index (χ1v) is 7.42. The molecule has 21 heavy (non-hydrogen) atoms. The average molecular weight is 369 g/mol. The molecular formula is C15H11BrClNO3. The maximum Gasteiger partial charge on any atom is 0.196 e. The summed E-state index contributed by atoms with van der Waals surface area (Å²) in [4.78, 5) is 12.7. The van der Waals surface area contributed by atoms with Crippen LogP contribution in [0.25, 0.3) is 0 Å². The number of rotatable bonds is 2. The Balaban J connectivity index is 2.07. The second kappa shape index (κ2) is 5.58. The maximum atomic E-state index is 12.7. The third-order valence-corrected chi connectivity index (χ3v) is 4.03. The highest BCUT2D eigenvalue weighted by atomic mass is 79.9. The van der Waals surface area contributed by atoms with Crippen molar-refractivity contribution in [3.8, 4) is 11.5 Å². The van der Waals surface area contributed by atoms with Crippen molar-refractivity contribution in [2.75, 3.05) is 18.9 Å². The van der Waals surface area contributed by atoms with Gasteiger partial charge in [-0.05, 0) is 46.3 Å². The summed E-state index contributed by atoms with van der Waals surface area (Å²) in [5.41, 5.74) is 7.06. The number of anilines is 1. The normalized spacial score (nSPS) is 13.0. The van der Waals surface area contributed by atoms with Gasteiger partial charge >= 0.3 is 0 Å². The first-order chi connectivity index (χ1) is 10.1. The standard InChI is InChI=1S/C15H11BrClNO3/c16-11-7-14-13(20-3-4-21-14)6-9(11)15(19)10-5-8(17)1-2-12(10)18/h1-2,5-7H,3-4,18H2. The molecule has 2 aromatic carbocycles. The van der Waals surface area contributed by atoms with Crippen LogP contribution in [0, 0.1) is 0 Å². The fourth-order valence-electron chi connectivity index (χ4n) is 2.11. The lowest BCUT2D eigenvalue weighted by Gasteiger charge is -2.19. The van der Waals surface area contributed by atoms with E-state index < -0.39 is 0 Å². The van der Waals surface area contributed by atoms with Crippen molar-refractivity contribution in [2.24, 2.45) is 0 Å². The van der Waals surface area contributed by atoms with E-state index >= 15 is 0 Å². The van der Waals surface area contributed by atoms with Crippen LogP contribution in [0.5, 0.6) is 11.5 Å². The Kier molecular flexibility index (Phi) is 3.78. The Hall–Kier alpha value is -1.72. The van der Waals surface area contributed by atoms with Gasteiger partial charge in [-0.25, -0.2) is 0 Å². The van der Waals surface area contributed by atoms with E-state index in [2.05, 4.69) is 15.9 Å². The van der Waals surface area contributed by atoms with Crippen molar-refractivity contribution in [3.05, 3.63) is 51.0 Å². The molecule has 108 valence electrons. The third kappa shape index (κ3) is 2.71. The molecule has 1 heterocycles. The Morgan fingerprint density at radius 2 is 1.76 bits per heavy atom. The molecule has 0 radical (unpaired) electrons. The zero-order valence-corrected chi connectivity index (χ0v) is 13.2. The van der Waals surface area contributed by atoms with Crippen LogP contribution in [0.4, 0.5) is 5.69 Å². The first kappa shape index (κ1) is 14.2. The number of carbonyl (C=O) groups is 1. The van der Waals surface area contributed by atoms with E-state index in [0.717, 1.165) is 0 Å². The van der Waals surface area contributed by atoms with Crippen LogP contribution in [0.2, 0.25) is 5.02 Å². The molecule has 1 aliphatic rings. The number of hydrogen-bond donors (Lipinski definition) is 1. The van der Waals surface area contributed by atoms with Crippen LogP contribution in [-0.2, 0) is 0 Å². The highest BCUT2D eigenvalue weighted by Gasteiger charge is 2.21. The number of benzene rings is 2. The second-order valence-corrected chi connectivity index (χ2v) is 5.83. The smallest absolute Gasteiger partial charge is 0.196 e. The number of nitrogens with two attached hydrogens (primary N) is 1. The van der Waals surface area contributed by atoms with Gasteiger partial charge in [0.2, 0.25) is 0 Å². The number of nitrogen functional groups attached to an aromatic ring is 1. The number of carbonyl (C=O) groups excluding carboxylic acids is 1. The fourth-order valence-corrected chi connectivity index (χ4v) is 2.78. The topological polar surface area (TPSA) is 61.6 Å². The minimum Gasteiger partial charge on any atom is -0.486 e. The van der Waals surface area contributed by atoms with Crippen molar-refractivity contribution < 1.29 is 14.3 Å². The Morgan fingerprint density at radius 3 is 2.48 bits per heavy atom. The molecule has 4 nitrogen and oxygen atoms in total. The molecule has 0 fully saturated rings. The molecule has 0 bridgehead atoms. The molecule has 2 N–H and O–H groups in total. The van der Waals surface area contributed by atoms with Gasteiger partial charge in [0.05, 0.1) is 0 Å². The third-order valence-electron chi connectivity index (χ3n) is 3.14. The number of halogens is 2. The van der Waals surface area contributed by atoms with Gasteiger partial charge in [-0.15, -0.1) is 0 Å². The first-order valence-electron chi connectivity index (χ1n) is 6.25. The van der Waals surface area contributed by atoms with Gasteiger partial charge in [0, 0.05) is 26.3 Å². The molecular weight excluding hydrogens is 358 g/mol. The van der Waals surface area contributed by atoms with E-state index in [1.165, 1.54) is 0 Å². The van der Waals surface area contributed by atoms with Crippen LogP contribution in [0.1, 0.15) is 15.9 Å². The van der Waals surface area contributed by atoms with Gasteiger partial charge in [0.25, 0.3) is 0 Å². The van der Waals surface area contributed by atoms with Crippen molar-refractivity contribution in [1.82, 2.24) is 0 Å². The zero-order chi connectivity index (χ0) is 15.0. The molecule has 0 spiro atoms. The minimum atomic E-state index is -0.223. The van der Waals surface area contributed by atoms with E-state index in [1.807, 2.05) is 0 Å². The van der Waals surface area contributed by atoms with Crippen LogP contribution in [0.3, 0.4) is 0 Å². The summed E-state index contributed by atoms with van der Waals surface area (Å²) >= 11 is 9.33. The molecule has 1 aliphatic heterocycles. The zero-order valence-electron chi connectivity index (χ0n) is 10.9. The highest BCUT2D eigenvalue weighted by Crippen LogP contribution is 2.37. The van der Waals surface area contributed by atoms with Crippen molar-refractivity contribution in [3.63, 3.8) is 0 Å². The second-order valence-electron chi connectivity index (χ2n) is 4.54. The number of hydrogen-bond acceptors (Lipinski definition) is 4. The Morgan fingerprint density at radius 1 is 1.10 bits per heavy atom. The van der Waals surface area contributed by atoms with Crippen LogP contribution in [-0.4, -0.2) is 19.0 Å². The summed E-state index contributed by atoms with van der Waals surface area (Å²) in [5, 5.41) is 0.459. The van der Waals surface area contributed by atoms with E-state index in [9.17, 15) is 4.79 Å². The van der Waals surface area contributed by atoms with E-state index in [0.29, 0.717) is 51.0 Å². The predicted octanol–water partition coefficient (Wildman–Crippen LogP) is 3.69. The molecule has 0 atom stereocenters. The van der Waals surface area contributed by atoms with Gasteiger partial charge in [-0.3, -0.25) is 4.79 Å². The lowest BCUT2D eigenvalue weighted by Crippen LogP contribution is -2.16. The van der Waals surface area contributed by atoms with Gasteiger partial charge in [-0.2, -0.15) is 0 Å². The lowest BCUT2D eigenvalue weighted by atomic mass is 10.0. The predicted molar refractivity (Wildman–Crippen MR) is 84.4 cm³/mol. The number of ketones is 1. The molecule has 0 unspecified atom stereocenters. The van der Waals surface area contributed by atoms with Crippen LogP contribution in [0.15, 0.2) is 34.8 Å². The fraction of sp³-hybridized carbons (Fsp3) is 0.133. The molecule has 0 amide bonds. The largest absolute Gasteiger partial charge is 0.486 e. The molecule has 0 aliphatic carbocycles. The van der Waals surface area contributed by atoms with Gasteiger partial charge in [0.1, 0.15) is 13.2 Å². The van der Waals surface area contributed by atoms with Crippen LogP contribution < -0.4 is 15.2 Å². The molecule has 0 saturated carbocycles. The summed E-state index contributed by atoms with van der Waals surface area (Å²) in [6, 6.07) is 8.19. The summed E-state index contributed by atoms with van der Waals surface area (Å²) in [6.07, 6.45) is 0. The molecule has 2 aromatic rings. The Bertz CT molecular complexity index is 733. The number of ether oxygens (including phenoxy) is 2. The van der Waals surface area contributed by atoms with Crippen molar-refractivity contribution in [2.45, 2.75) is 0 Å². The van der Waals surface area contributed by atoms with E-state index in [4.69, 9.17) is 26.8 Å². The number of fused-ring (bicyclic) bond motifs is 1. The highest BCUT2D eigenvalue weighted by molar-refractivity contribution is 9.10. The van der Waals surface area contributed by atoms with Crippen molar-refractivity contribution in [1.29, 1.82) is 0 Å². The lowest BCUT2D eigenvalue weighted by molar-refractivity contribution is 0.103. The molecule has 0 aromatic heterocycles.